The minimum absolute atomic E-state index is 0.0263. The van der Waals surface area contributed by atoms with Gasteiger partial charge in [0.05, 0.1) is 12.3 Å². The number of hydrogen-bond acceptors (Lipinski definition) is 4. The lowest BCUT2D eigenvalue weighted by Gasteiger charge is -2.24. The van der Waals surface area contributed by atoms with Gasteiger partial charge in [-0.05, 0) is 50.3 Å². The number of fused-ring (bicyclic) bond motifs is 1. The number of hydrogen-bond donors (Lipinski definition) is 1. The van der Waals surface area contributed by atoms with Crippen molar-refractivity contribution in [2.75, 3.05) is 32.6 Å². The van der Waals surface area contributed by atoms with Crippen LogP contribution >= 0.6 is 11.8 Å². The summed E-state index contributed by atoms with van der Waals surface area (Å²) in [4.78, 5) is 15.6. The highest BCUT2D eigenvalue weighted by molar-refractivity contribution is 8.00. The Hall–Kier alpha value is -1.98. The summed E-state index contributed by atoms with van der Waals surface area (Å²) in [5.41, 5.74) is 1.89. The maximum absolute atomic E-state index is 12.3. The summed E-state index contributed by atoms with van der Waals surface area (Å²) in [6.07, 6.45) is 0.992. The maximum Gasteiger partial charge on any atom is 0.242 e. The molecule has 24 heavy (non-hydrogen) atoms. The first kappa shape index (κ1) is 16.9. The molecule has 0 aromatic heterocycles. The molecule has 0 spiro atoms. The Morgan fingerprint density at radius 1 is 1.12 bits per heavy atom. The van der Waals surface area contributed by atoms with Crippen LogP contribution in [0.2, 0.25) is 0 Å². The van der Waals surface area contributed by atoms with E-state index in [9.17, 15) is 4.79 Å². The molecule has 4 nitrogen and oxygen atoms in total. The molecule has 0 bridgehead atoms. The Labute approximate surface area is 147 Å². The summed E-state index contributed by atoms with van der Waals surface area (Å²) >= 11 is 1.59. The third kappa shape index (κ3) is 4.10. The average Bonchev–Trinajstić information content (AvgIpc) is 2.58. The molecule has 0 saturated carbocycles. The first-order valence-corrected chi connectivity index (χ1v) is 8.95. The molecule has 5 heteroatoms. The second kappa shape index (κ2) is 7.73. The van der Waals surface area contributed by atoms with Gasteiger partial charge in [-0.2, -0.15) is 0 Å². The number of benzene rings is 2. The molecule has 1 atom stereocenters. The van der Waals surface area contributed by atoms with Crippen molar-refractivity contribution in [2.45, 2.75) is 16.6 Å². The van der Waals surface area contributed by atoms with Gasteiger partial charge in [0.2, 0.25) is 5.91 Å². The molecule has 1 aliphatic rings. The minimum atomic E-state index is -0.220. The standard InChI is InChI=1S/C19H22N2O2S/c1-21(2)12-5-13-23-15-10-8-14(9-11-15)18-19(22)20-16-6-3-4-7-17(16)24-18/h3-4,6-11,18H,5,12-13H2,1-2H3,(H,20,22). The van der Waals surface area contributed by atoms with Gasteiger partial charge in [-0.25, -0.2) is 0 Å². The molecule has 1 amide bonds. The van der Waals surface area contributed by atoms with E-state index in [1.165, 1.54) is 0 Å². The lowest BCUT2D eigenvalue weighted by Crippen LogP contribution is -2.22. The highest BCUT2D eigenvalue weighted by Gasteiger charge is 2.28. The number of nitrogens with zero attached hydrogens (tertiary/aromatic N) is 1. The van der Waals surface area contributed by atoms with Crippen molar-refractivity contribution in [1.29, 1.82) is 0 Å². The molecule has 3 rings (SSSR count). The number of ether oxygens (including phenoxy) is 1. The Morgan fingerprint density at radius 3 is 2.62 bits per heavy atom. The van der Waals surface area contributed by atoms with Gasteiger partial charge in [-0.1, -0.05) is 24.3 Å². The summed E-state index contributed by atoms with van der Waals surface area (Å²) < 4.78 is 5.75. The average molecular weight is 342 g/mol. The highest BCUT2D eigenvalue weighted by Crippen LogP contribution is 2.43. The fraction of sp³-hybridized carbons (Fsp3) is 0.316. The Bertz CT molecular complexity index is 701. The van der Waals surface area contributed by atoms with Gasteiger partial charge >= 0.3 is 0 Å². The maximum atomic E-state index is 12.3. The van der Waals surface area contributed by atoms with Crippen LogP contribution in [0.1, 0.15) is 17.2 Å². The van der Waals surface area contributed by atoms with E-state index in [0.29, 0.717) is 6.61 Å². The number of carbonyl (C=O) groups is 1. The molecule has 0 fully saturated rings. The van der Waals surface area contributed by atoms with Gasteiger partial charge in [0, 0.05) is 11.4 Å². The van der Waals surface area contributed by atoms with Crippen LogP contribution < -0.4 is 10.1 Å². The normalized spacial score (nSPS) is 16.6. The molecule has 1 unspecified atom stereocenters. The summed E-state index contributed by atoms with van der Waals surface area (Å²) in [5.74, 6) is 0.873. The van der Waals surface area contributed by atoms with Crippen molar-refractivity contribution < 1.29 is 9.53 Å². The van der Waals surface area contributed by atoms with Crippen molar-refractivity contribution in [1.82, 2.24) is 4.90 Å². The largest absolute Gasteiger partial charge is 0.494 e. The van der Waals surface area contributed by atoms with Crippen molar-refractivity contribution in [3.8, 4) is 5.75 Å². The Morgan fingerprint density at radius 2 is 1.88 bits per heavy atom. The SMILES string of the molecule is CN(C)CCCOc1ccc(C2Sc3ccccc3NC2=O)cc1. The number of thioether (sulfide) groups is 1. The predicted octanol–water partition coefficient (Wildman–Crippen LogP) is 3.80. The minimum Gasteiger partial charge on any atom is -0.494 e. The van der Waals surface area contributed by atoms with E-state index in [2.05, 4.69) is 24.3 Å². The molecule has 0 radical (unpaired) electrons. The zero-order valence-corrected chi connectivity index (χ0v) is 14.8. The molecular weight excluding hydrogens is 320 g/mol. The highest BCUT2D eigenvalue weighted by atomic mass is 32.2. The summed E-state index contributed by atoms with van der Waals surface area (Å²) in [6.45, 7) is 1.71. The summed E-state index contributed by atoms with van der Waals surface area (Å²) in [5, 5.41) is 2.76. The fourth-order valence-electron chi connectivity index (χ4n) is 2.58. The third-order valence-electron chi connectivity index (χ3n) is 3.83. The van der Waals surface area contributed by atoms with Gasteiger partial charge in [0.25, 0.3) is 0 Å². The monoisotopic (exact) mass is 342 g/mol. The number of nitrogens with one attached hydrogen (secondary N) is 1. The lowest BCUT2D eigenvalue weighted by molar-refractivity contribution is -0.115. The number of carbonyl (C=O) groups excluding carboxylic acids is 1. The van der Waals surface area contributed by atoms with E-state index in [4.69, 9.17) is 4.74 Å². The van der Waals surface area contributed by atoms with Gasteiger partial charge in [-0.3, -0.25) is 4.79 Å². The zero-order valence-electron chi connectivity index (χ0n) is 14.0. The van der Waals surface area contributed by atoms with Crippen LogP contribution in [0, 0.1) is 0 Å². The van der Waals surface area contributed by atoms with E-state index in [-0.39, 0.29) is 11.2 Å². The second-order valence-electron chi connectivity index (χ2n) is 6.06. The van der Waals surface area contributed by atoms with Gasteiger partial charge in [-0.15, -0.1) is 11.8 Å². The van der Waals surface area contributed by atoms with Crippen LogP contribution in [-0.4, -0.2) is 38.1 Å². The molecule has 2 aromatic carbocycles. The smallest absolute Gasteiger partial charge is 0.242 e. The number of amides is 1. The Kier molecular flexibility index (Phi) is 5.43. The van der Waals surface area contributed by atoms with Gasteiger partial charge in [0.1, 0.15) is 11.0 Å². The molecule has 1 aliphatic heterocycles. The van der Waals surface area contributed by atoms with Gasteiger partial charge < -0.3 is 15.0 Å². The van der Waals surface area contributed by atoms with E-state index in [1.807, 2.05) is 48.5 Å². The second-order valence-corrected chi connectivity index (χ2v) is 7.20. The molecule has 1 N–H and O–H groups in total. The zero-order chi connectivity index (χ0) is 16.9. The molecule has 0 aliphatic carbocycles. The van der Waals surface area contributed by atoms with Crippen LogP contribution in [0.3, 0.4) is 0 Å². The predicted molar refractivity (Wildman–Crippen MR) is 98.8 cm³/mol. The quantitative estimate of drug-likeness (QED) is 0.811. The van der Waals surface area contributed by atoms with Crippen LogP contribution in [0.5, 0.6) is 5.75 Å². The molecular formula is C19H22N2O2S. The van der Waals surface area contributed by atoms with E-state index in [1.54, 1.807) is 11.8 Å². The van der Waals surface area contributed by atoms with Crippen molar-refractivity contribution in [3.63, 3.8) is 0 Å². The molecule has 126 valence electrons. The van der Waals surface area contributed by atoms with Crippen LogP contribution in [-0.2, 0) is 4.79 Å². The van der Waals surface area contributed by atoms with Crippen molar-refractivity contribution in [2.24, 2.45) is 0 Å². The van der Waals surface area contributed by atoms with Crippen LogP contribution in [0.25, 0.3) is 0 Å². The van der Waals surface area contributed by atoms with Crippen molar-refractivity contribution >= 4 is 23.4 Å². The number of anilines is 1. The molecule has 2 aromatic rings. The molecule has 0 saturated heterocycles. The van der Waals surface area contributed by atoms with Crippen molar-refractivity contribution in [3.05, 3.63) is 54.1 Å². The topological polar surface area (TPSA) is 41.6 Å². The first-order valence-electron chi connectivity index (χ1n) is 8.07. The first-order chi connectivity index (χ1) is 11.6. The van der Waals surface area contributed by atoms with Crippen LogP contribution in [0.4, 0.5) is 5.69 Å². The summed E-state index contributed by atoms with van der Waals surface area (Å²) in [6, 6.07) is 15.7. The number of para-hydroxylation sites is 1. The Balaban J connectivity index is 1.62. The van der Waals surface area contributed by atoms with E-state index < -0.39 is 0 Å². The third-order valence-corrected chi connectivity index (χ3v) is 5.16. The molecule has 1 heterocycles. The van der Waals surface area contributed by atoms with Crippen LogP contribution in [0.15, 0.2) is 53.4 Å². The van der Waals surface area contributed by atoms with Gasteiger partial charge in [0.15, 0.2) is 0 Å². The summed E-state index contributed by atoms with van der Waals surface area (Å²) in [7, 11) is 4.11. The lowest BCUT2D eigenvalue weighted by atomic mass is 10.1. The van der Waals surface area contributed by atoms with E-state index >= 15 is 0 Å². The fourth-order valence-corrected chi connectivity index (χ4v) is 3.70. The number of rotatable bonds is 6. The van der Waals surface area contributed by atoms with E-state index in [0.717, 1.165) is 34.9 Å².